The monoisotopic (exact) mass is 508 g/mol. The number of hydrogen-bond acceptors (Lipinski definition) is 7. The summed E-state index contributed by atoms with van der Waals surface area (Å²) in [5.41, 5.74) is 3.72. The van der Waals surface area contributed by atoms with Gasteiger partial charge in [-0.3, -0.25) is 4.79 Å². The first-order valence-corrected chi connectivity index (χ1v) is 13.4. The van der Waals surface area contributed by atoms with Gasteiger partial charge < -0.3 is 14.4 Å². The van der Waals surface area contributed by atoms with Gasteiger partial charge in [0.2, 0.25) is 11.8 Å². The molecule has 2 aliphatic heterocycles. The smallest absolute Gasteiger partial charge is 0.264 e. The van der Waals surface area contributed by atoms with E-state index in [-0.39, 0.29) is 35.3 Å². The van der Waals surface area contributed by atoms with Crippen LogP contribution in [0.1, 0.15) is 34.3 Å². The maximum atomic E-state index is 13.5. The highest BCUT2D eigenvalue weighted by molar-refractivity contribution is 7.92. The van der Waals surface area contributed by atoms with E-state index in [1.165, 1.54) is 12.1 Å². The van der Waals surface area contributed by atoms with Gasteiger partial charge in [-0.2, -0.15) is 4.98 Å². The van der Waals surface area contributed by atoms with Crippen LogP contribution in [0.5, 0.6) is 5.88 Å². The maximum absolute atomic E-state index is 13.5. The molecule has 188 valence electrons. The van der Waals surface area contributed by atoms with Gasteiger partial charge in [0.1, 0.15) is 6.61 Å². The molecule has 1 aromatic heterocycles. The first-order chi connectivity index (χ1) is 17.3. The number of carbonyl (C=O) groups is 1. The average Bonchev–Trinajstić information content (AvgIpc) is 2.86. The molecule has 4 bridgehead atoms. The molecule has 0 aliphatic carbocycles. The van der Waals surface area contributed by atoms with Crippen molar-refractivity contribution in [3.63, 3.8) is 0 Å². The Morgan fingerprint density at radius 1 is 0.972 bits per heavy atom. The Bertz CT molecular complexity index is 1380. The summed E-state index contributed by atoms with van der Waals surface area (Å²) in [6, 6.07) is 13.6. The largest absolute Gasteiger partial charge is 0.476 e. The number of sulfonamides is 1. The highest BCUT2D eigenvalue weighted by atomic mass is 32.2. The van der Waals surface area contributed by atoms with Crippen molar-refractivity contribution < 1.29 is 22.7 Å². The van der Waals surface area contributed by atoms with Crippen LogP contribution in [0.4, 0.5) is 5.95 Å². The van der Waals surface area contributed by atoms with Crippen molar-refractivity contribution in [2.45, 2.75) is 37.6 Å². The summed E-state index contributed by atoms with van der Waals surface area (Å²) in [6.45, 7) is 5.61. The molecule has 3 aromatic rings. The van der Waals surface area contributed by atoms with E-state index in [4.69, 9.17) is 9.47 Å². The molecule has 5 rings (SSSR count). The van der Waals surface area contributed by atoms with Gasteiger partial charge in [0, 0.05) is 36.4 Å². The number of ether oxygens (including phenoxy) is 2. The van der Waals surface area contributed by atoms with Crippen molar-refractivity contribution in [3.05, 3.63) is 65.2 Å². The lowest BCUT2D eigenvalue weighted by molar-refractivity contribution is 0.0255. The maximum Gasteiger partial charge on any atom is 0.264 e. The third kappa shape index (κ3) is 4.91. The van der Waals surface area contributed by atoms with Crippen LogP contribution in [-0.2, 0) is 14.8 Å². The predicted octanol–water partition coefficient (Wildman–Crippen LogP) is 3.57. The van der Waals surface area contributed by atoms with Gasteiger partial charge in [-0.05, 0) is 56.0 Å². The molecule has 9 nitrogen and oxygen atoms in total. The number of amides is 1. The fraction of sp³-hybridized carbons (Fsp3) is 0.346. The number of nitrogens with one attached hydrogen (secondary N) is 1. The third-order valence-corrected chi connectivity index (χ3v) is 7.86. The molecule has 1 amide bonds. The van der Waals surface area contributed by atoms with E-state index in [9.17, 15) is 13.2 Å². The molecule has 0 spiro atoms. The van der Waals surface area contributed by atoms with Crippen molar-refractivity contribution in [3.8, 4) is 17.1 Å². The van der Waals surface area contributed by atoms with Gasteiger partial charge >= 0.3 is 0 Å². The Kier molecular flexibility index (Phi) is 6.63. The average molecular weight is 509 g/mol. The van der Waals surface area contributed by atoms with Crippen LogP contribution in [0.3, 0.4) is 0 Å². The Balaban J connectivity index is 1.60. The summed E-state index contributed by atoms with van der Waals surface area (Å²) in [7, 11) is -4.06. The number of carbonyl (C=O) groups excluding carboxylic acids is 1. The topological polar surface area (TPSA) is 111 Å². The zero-order valence-electron chi connectivity index (χ0n) is 20.2. The zero-order valence-corrected chi connectivity index (χ0v) is 21.0. The molecule has 2 aliphatic rings. The molecule has 3 heterocycles. The van der Waals surface area contributed by atoms with Crippen LogP contribution in [0, 0.1) is 13.8 Å². The number of rotatable bonds is 2. The second-order valence-corrected chi connectivity index (χ2v) is 10.7. The van der Waals surface area contributed by atoms with Crippen LogP contribution in [0.15, 0.2) is 53.4 Å². The van der Waals surface area contributed by atoms with Gasteiger partial charge in [-0.25, -0.2) is 18.1 Å². The van der Waals surface area contributed by atoms with E-state index >= 15 is 0 Å². The SMILES string of the molecule is Cc1cccc(C)c1-c1cc2nc(n1)NS(=O)(=O)c1cccc(c1)C(=O)N(C1CCOCC1)CCO2. The van der Waals surface area contributed by atoms with Crippen molar-refractivity contribution in [2.24, 2.45) is 0 Å². The molecule has 1 saturated heterocycles. The van der Waals surface area contributed by atoms with Gasteiger partial charge in [-0.15, -0.1) is 0 Å². The molecule has 0 atom stereocenters. The fourth-order valence-electron chi connectivity index (χ4n) is 4.73. The molecular formula is C26H28N4O5S. The normalized spacial score (nSPS) is 18.3. The van der Waals surface area contributed by atoms with Crippen molar-refractivity contribution in [2.75, 3.05) is 31.1 Å². The summed E-state index contributed by atoms with van der Waals surface area (Å²) in [5.74, 6) is -0.107. The van der Waals surface area contributed by atoms with E-state index in [0.717, 1.165) is 16.7 Å². The quantitative estimate of drug-likeness (QED) is 0.563. The summed E-state index contributed by atoms with van der Waals surface area (Å²) in [5, 5.41) is 0. The predicted molar refractivity (Wildman–Crippen MR) is 135 cm³/mol. The standard InChI is InChI=1S/C26H28N4O5S/c1-17-5-3-6-18(2)24(17)22-16-23-28-26(27-22)29-36(32,33)21-8-4-7-19(15-21)25(31)30(11-14-35-23)20-9-12-34-13-10-20/h3-8,15-16,20H,9-14H2,1-2H3,(H,27,28,29). The van der Waals surface area contributed by atoms with E-state index < -0.39 is 10.0 Å². The second kappa shape index (κ2) is 9.87. The lowest BCUT2D eigenvalue weighted by atomic mass is 10.00. The fourth-order valence-corrected chi connectivity index (χ4v) is 5.72. The lowest BCUT2D eigenvalue weighted by Crippen LogP contribution is -2.45. The van der Waals surface area contributed by atoms with Crippen molar-refractivity contribution in [1.29, 1.82) is 0 Å². The first kappa shape index (κ1) is 24.2. The second-order valence-electron chi connectivity index (χ2n) is 9.01. The zero-order chi connectivity index (χ0) is 25.3. The summed E-state index contributed by atoms with van der Waals surface area (Å²) < 4.78 is 40.5. The molecule has 2 aromatic carbocycles. The van der Waals surface area contributed by atoms with Gasteiger partial charge in [0.05, 0.1) is 17.1 Å². The summed E-state index contributed by atoms with van der Waals surface area (Å²) >= 11 is 0. The number of hydrogen-bond donors (Lipinski definition) is 1. The minimum atomic E-state index is -4.06. The van der Waals surface area contributed by atoms with E-state index in [0.29, 0.717) is 43.9 Å². The van der Waals surface area contributed by atoms with Crippen LogP contribution >= 0.6 is 0 Å². The molecular weight excluding hydrogens is 480 g/mol. The number of nitrogens with zero attached hydrogens (tertiary/aromatic N) is 3. The Hall–Kier alpha value is -3.50. The number of fused-ring (bicyclic) bond motifs is 4. The highest BCUT2D eigenvalue weighted by Crippen LogP contribution is 2.30. The number of anilines is 1. The Morgan fingerprint density at radius 2 is 1.69 bits per heavy atom. The summed E-state index contributed by atoms with van der Waals surface area (Å²) in [6.07, 6.45) is 1.42. The number of aromatic nitrogens is 2. The van der Waals surface area contributed by atoms with E-state index in [2.05, 4.69) is 14.7 Å². The number of benzene rings is 2. The Labute approximate surface area is 210 Å². The molecule has 0 saturated carbocycles. The van der Waals surface area contributed by atoms with E-state index in [1.807, 2.05) is 32.0 Å². The molecule has 0 radical (unpaired) electrons. The van der Waals surface area contributed by atoms with Gasteiger partial charge in [0.15, 0.2) is 0 Å². The molecule has 1 N–H and O–H groups in total. The molecule has 0 unspecified atom stereocenters. The molecule has 10 heteroatoms. The van der Waals surface area contributed by atoms with Crippen LogP contribution in [0.2, 0.25) is 0 Å². The van der Waals surface area contributed by atoms with Crippen LogP contribution < -0.4 is 9.46 Å². The van der Waals surface area contributed by atoms with Crippen molar-refractivity contribution in [1.82, 2.24) is 14.9 Å². The van der Waals surface area contributed by atoms with Gasteiger partial charge in [-0.1, -0.05) is 24.3 Å². The van der Waals surface area contributed by atoms with Crippen LogP contribution in [-0.4, -0.2) is 61.6 Å². The van der Waals surface area contributed by atoms with Crippen LogP contribution in [0.25, 0.3) is 11.3 Å². The molecule has 36 heavy (non-hydrogen) atoms. The number of aryl methyl sites for hydroxylation is 2. The minimum Gasteiger partial charge on any atom is -0.476 e. The molecule has 1 fully saturated rings. The van der Waals surface area contributed by atoms with Gasteiger partial charge in [0.25, 0.3) is 15.9 Å². The first-order valence-electron chi connectivity index (χ1n) is 11.9. The highest BCUT2D eigenvalue weighted by Gasteiger charge is 2.28. The minimum absolute atomic E-state index is 0.0236. The third-order valence-electron chi connectivity index (χ3n) is 6.53. The van der Waals surface area contributed by atoms with Crippen molar-refractivity contribution >= 4 is 21.9 Å². The van der Waals surface area contributed by atoms with E-state index in [1.54, 1.807) is 23.1 Å². The lowest BCUT2D eigenvalue weighted by Gasteiger charge is -2.34. The summed E-state index contributed by atoms with van der Waals surface area (Å²) in [4.78, 5) is 24.1. The Morgan fingerprint density at radius 3 is 2.44 bits per heavy atom.